The van der Waals surface area contributed by atoms with Crippen LogP contribution in [0.1, 0.15) is 105 Å². The number of carbonyl (C=O) groups is 2. The van der Waals surface area contributed by atoms with E-state index in [0.29, 0.717) is 17.7 Å². The summed E-state index contributed by atoms with van der Waals surface area (Å²) in [6.07, 6.45) is 14.3. The SMILES string of the molecule is CCCCCCCCCCCCCC(=O)Nc1ccccc1C(=O)Nc1ccc(C)c(C)c1. The maximum atomic E-state index is 12.8. The fourth-order valence-corrected chi connectivity index (χ4v) is 3.97. The summed E-state index contributed by atoms with van der Waals surface area (Å²) in [4.78, 5) is 25.3. The molecule has 2 rings (SSSR count). The molecule has 2 amide bonds. The zero-order valence-electron chi connectivity index (χ0n) is 20.8. The van der Waals surface area contributed by atoms with Crippen LogP contribution in [0.4, 0.5) is 11.4 Å². The minimum atomic E-state index is -0.219. The lowest BCUT2D eigenvalue weighted by atomic mass is 10.1. The first kappa shape index (κ1) is 26.6. The summed E-state index contributed by atoms with van der Waals surface area (Å²) in [6.45, 7) is 6.32. The van der Waals surface area contributed by atoms with Crippen LogP contribution in [0, 0.1) is 13.8 Å². The van der Waals surface area contributed by atoms with Crippen molar-refractivity contribution in [3.8, 4) is 0 Å². The molecule has 0 atom stereocenters. The highest BCUT2D eigenvalue weighted by molar-refractivity contribution is 6.10. The first-order valence-electron chi connectivity index (χ1n) is 12.8. The summed E-state index contributed by atoms with van der Waals surface area (Å²) >= 11 is 0. The van der Waals surface area contributed by atoms with Gasteiger partial charge in [-0.15, -0.1) is 0 Å². The zero-order chi connectivity index (χ0) is 23.9. The fraction of sp³-hybridized carbons (Fsp3) is 0.517. The smallest absolute Gasteiger partial charge is 0.257 e. The van der Waals surface area contributed by atoms with Crippen LogP contribution >= 0.6 is 0 Å². The average Bonchev–Trinajstić information content (AvgIpc) is 2.80. The van der Waals surface area contributed by atoms with Crippen molar-refractivity contribution in [1.29, 1.82) is 0 Å². The predicted octanol–water partition coefficient (Wildman–Crippen LogP) is 8.20. The summed E-state index contributed by atoms with van der Waals surface area (Å²) in [5.41, 5.74) is 4.10. The standard InChI is InChI=1S/C29H42N2O2/c1-4-5-6-7-8-9-10-11-12-13-14-19-28(32)31-27-18-16-15-17-26(27)29(33)30-25-21-20-23(2)24(3)22-25/h15-18,20-22H,4-14,19H2,1-3H3,(H,30,33)(H,31,32). The van der Waals surface area contributed by atoms with Crippen LogP contribution in [0.25, 0.3) is 0 Å². The van der Waals surface area contributed by atoms with Crippen LogP contribution in [-0.4, -0.2) is 11.8 Å². The summed E-state index contributed by atoms with van der Waals surface area (Å²) in [7, 11) is 0. The fourth-order valence-electron chi connectivity index (χ4n) is 3.97. The molecule has 0 radical (unpaired) electrons. The second-order valence-corrected chi connectivity index (χ2v) is 9.13. The van der Waals surface area contributed by atoms with E-state index in [1.165, 1.54) is 63.4 Å². The highest BCUT2D eigenvalue weighted by atomic mass is 16.2. The summed E-state index contributed by atoms with van der Waals surface area (Å²) in [5, 5.41) is 5.87. The van der Waals surface area contributed by atoms with E-state index in [1.807, 2.05) is 44.2 Å². The lowest BCUT2D eigenvalue weighted by Crippen LogP contribution is -2.18. The van der Waals surface area contributed by atoms with Crippen LogP contribution in [0.2, 0.25) is 0 Å². The molecule has 0 aliphatic carbocycles. The molecule has 0 aliphatic rings. The third-order valence-electron chi connectivity index (χ3n) is 6.22. The number of amides is 2. The van der Waals surface area contributed by atoms with Crippen LogP contribution in [0.3, 0.4) is 0 Å². The van der Waals surface area contributed by atoms with Crippen molar-refractivity contribution in [3.63, 3.8) is 0 Å². The second kappa shape index (κ2) is 15.3. The lowest BCUT2D eigenvalue weighted by Gasteiger charge is -2.12. The Morgan fingerprint density at radius 3 is 1.94 bits per heavy atom. The molecular formula is C29H42N2O2. The third-order valence-corrected chi connectivity index (χ3v) is 6.22. The molecule has 4 heteroatoms. The molecule has 0 fully saturated rings. The van der Waals surface area contributed by atoms with E-state index >= 15 is 0 Å². The second-order valence-electron chi connectivity index (χ2n) is 9.13. The molecule has 0 spiro atoms. The number of hydrogen-bond acceptors (Lipinski definition) is 2. The van der Waals surface area contributed by atoms with E-state index in [4.69, 9.17) is 0 Å². The van der Waals surface area contributed by atoms with Gasteiger partial charge in [-0.3, -0.25) is 9.59 Å². The maximum absolute atomic E-state index is 12.8. The Hall–Kier alpha value is -2.62. The van der Waals surface area contributed by atoms with Crippen molar-refractivity contribution in [2.24, 2.45) is 0 Å². The Kier molecular flexibility index (Phi) is 12.3. The predicted molar refractivity (Wildman–Crippen MR) is 140 cm³/mol. The Morgan fingerprint density at radius 2 is 1.30 bits per heavy atom. The van der Waals surface area contributed by atoms with E-state index in [1.54, 1.807) is 12.1 Å². The highest BCUT2D eigenvalue weighted by Crippen LogP contribution is 2.20. The number of benzene rings is 2. The van der Waals surface area contributed by atoms with Crippen LogP contribution in [0.15, 0.2) is 42.5 Å². The molecular weight excluding hydrogens is 408 g/mol. The van der Waals surface area contributed by atoms with Crippen molar-refractivity contribution < 1.29 is 9.59 Å². The van der Waals surface area contributed by atoms with E-state index in [9.17, 15) is 9.59 Å². The topological polar surface area (TPSA) is 58.2 Å². The van der Waals surface area contributed by atoms with Crippen LogP contribution in [0.5, 0.6) is 0 Å². The largest absolute Gasteiger partial charge is 0.325 e. The average molecular weight is 451 g/mol. The Bertz CT molecular complexity index is 876. The summed E-state index contributed by atoms with van der Waals surface area (Å²) in [6, 6.07) is 13.0. The van der Waals surface area contributed by atoms with Crippen molar-refractivity contribution in [2.45, 2.75) is 97.8 Å². The van der Waals surface area contributed by atoms with Crippen molar-refractivity contribution in [2.75, 3.05) is 10.6 Å². The van der Waals surface area contributed by atoms with E-state index in [-0.39, 0.29) is 11.8 Å². The number of anilines is 2. The van der Waals surface area contributed by atoms with Gasteiger partial charge in [-0.05, 0) is 55.7 Å². The Balaban J connectivity index is 1.70. The number of para-hydroxylation sites is 1. The first-order valence-corrected chi connectivity index (χ1v) is 12.8. The monoisotopic (exact) mass is 450 g/mol. The minimum Gasteiger partial charge on any atom is -0.325 e. The van der Waals surface area contributed by atoms with Gasteiger partial charge in [0.2, 0.25) is 5.91 Å². The number of nitrogens with one attached hydrogen (secondary N) is 2. The molecule has 0 bridgehead atoms. The minimum absolute atomic E-state index is 0.0302. The normalized spacial score (nSPS) is 10.8. The van der Waals surface area contributed by atoms with Crippen molar-refractivity contribution >= 4 is 23.2 Å². The molecule has 0 aromatic heterocycles. The molecule has 180 valence electrons. The van der Waals surface area contributed by atoms with Gasteiger partial charge in [0.05, 0.1) is 11.3 Å². The van der Waals surface area contributed by atoms with Crippen molar-refractivity contribution in [3.05, 3.63) is 59.2 Å². The first-order chi connectivity index (χ1) is 16.0. The van der Waals surface area contributed by atoms with Gasteiger partial charge in [0.1, 0.15) is 0 Å². The van der Waals surface area contributed by atoms with Gasteiger partial charge in [-0.2, -0.15) is 0 Å². The zero-order valence-corrected chi connectivity index (χ0v) is 20.8. The molecule has 0 unspecified atom stereocenters. The molecule has 33 heavy (non-hydrogen) atoms. The molecule has 0 aliphatic heterocycles. The highest BCUT2D eigenvalue weighted by Gasteiger charge is 2.13. The number of aryl methyl sites for hydroxylation is 2. The van der Waals surface area contributed by atoms with Crippen LogP contribution < -0.4 is 10.6 Å². The molecule has 2 N–H and O–H groups in total. The molecule has 2 aromatic carbocycles. The summed E-state index contributed by atoms with van der Waals surface area (Å²) in [5.74, 6) is -0.249. The third kappa shape index (κ3) is 10.2. The number of hydrogen-bond donors (Lipinski definition) is 2. The van der Waals surface area contributed by atoms with Crippen molar-refractivity contribution in [1.82, 2.24) is 0 Å². The quantitative estimate of drug-likeness (QED) is 0.269. The van der Waals surface area contributed by atoms with E-state index in [2.05, 4.69) is 17.6 Å². The van der Waals surface area contributed by atoms with Gasteiger partial charge in [-0.1, -0.05) is 89.3 Å². The molecule has 4 nitrogen and oxygen atoms in total. The van der Waals surface area contributed by atoms with E-state index < -0.39 is 0 Å². The molecule has 0 saturated carbocycles. The molecule has 0 heterocycles. The van der Waals surface area contributed by atoms with Gasteiger partial charge in [0, 0.05) is 12.1 Å². The molecule has 0 saturated heterocycles. The van der Waals surface area contributed by atoms with Gasteiger partial charge in [-0.25, -0.2) is 0 Å². The van der Waals surface area contributed by atoms with E-state index in [0.717, 1.165) is 24.1 Å². The van der Waals surface area contributed by atoms with Gasteiger partial charge >= 0.3 is 0 Å². The number of carbonyl (C=O) groups excluding carboxylic acids is 2. The number of unbranched alkanes of at least 4 members (excludes halogenated alkanes) is 10. The Morgan fingerprint density at radius 1 is 0.697 bits per heavy atom. The van der Waals surface area contributed by atoms with Crippen LogP contribution in [-0.2, 0) is 4.79 Å². The molecule has 2 aromatic rings. The van der Waals surface area contributed by atoms with Gasteiger partial charge in [0.15, 0.2) is 0 Å². The van der Waals surface area contributed by atoms with Gasteiger partial charge < -0.3 is 10.6 Å². The van der Waals surface area contributed by atoms with Gasteiger partial charge in [0.25, 0.3) is 5.91 Å². The summed E-state index contributed by atoms with van der Waals surface area (Å²) < 4.78 is 0. The number of rotatable bonds is 15. The lowest BCUT2D eigenvalue weighted by molar-refractivity contribution is -0.116. The maximum Gasteiger partial charge on any atom is 0.257 e. The Labute approximate surface area is 200 Å².